The van der Waals surface area contributed by atoms with Crippen molar-refractivity contribution in [1.82, 2.24) is 15.1 Å². The van der Waals surface area contributed by atoms with E-state index >= 15 is 0 Å². The van der Waals surface area contributed by atoms with Crippen LogP contribution < -0.4 is 15.8 Å². The Morgan fingerprint density at radius 2 is 2.23 bits per heavy atom. The molecule has 1 saturated carbocycles. The number of nitrogens with one attached hydrogen (secondary N) is 1. The van der Waals surface area contributed by atoms with Gasteiger partial charge in [-0.15, -0.1) is 0 Å². The number of aliphatic hydroxyl groups is 2. The van der Waals surface area contributed by atoms with Gasteiger partial charge in [0.25, 0.3) is 5.56 Å². The zero-order valence-electron chi connectivity index (χ0n) is 14.3. The fourth-order valence-corrected chi connectivity index (χ4v) is 3.69. The average Bonchev–Trinajstić information content (AvgIpc) is 3.22. The maximum atomic E-state index is 12.1. The minimum absolute atomic E-state index is 0.0348. The van der Waals surface area contributed by atoms with E-state index in [4.69, 9.17) is 21.4 Å². The number of hydrogen-bond donors (Lipinski definition) is 3. The predicted octanol–water partition coefficient (Wildman–Crippen LogP) is 0.107. The van der Waals surface area contributed by atoms with Crippen molar-refractivity contribution < 1.29 is 19.7 Å². The molecule has 0 unspecified atom stereocenters. The molecule has 3 N–H and O–H groups in total. The maximum absolute atomic E-state index is 12.1. The van der Waals surface area contributed by atoms with Crippen LogP contribution in [-0.2, 0) is 11.3 Å². The number of ether oxygens (including phenoxy) is 1. The summed E-state index contributed by atoms with van der Waals surface area (Å²) in [7, 11) is 0. The van der Waals surface area contributed by atoms with Gasteiger partial charge in [-0.1, -0.05) is 11.6 Å². The minimum Gasteiger partial charge on any atom is -0.444 e. The lowest BCUT2D eigenvalue weighted by molar-refractivity contribution is 0.0916. The molecule has 0 radical (unpaired) electrons. The Kier molecular flexibility index (Phi) is 6.00. The van der Waals surface area contributed by atoms with Gasteiger partial charge < -0.3 is 25.2 Å². The summed E-state index contributed by atoms with van der Waals surface area (Å²) in [5, 5.41) is 25.4. The molecular formula is C16H23ClN4O5. The number of hydrogen-bond acceptors (Lipinski definition) is 7. The Labute approximate surface area is 155 Å². The lowest BCUT2D eigenvalue weighted by Gasteiger charge is -2.21. The Bertz CT molecular complexity index is 712. The molecule has 2 aliphatic rings. The van der Waals surface area contributed by atoms with E-state index in [1.54, 1.807) is 0 Å². The van der Waals surface area contributed by atoms with Crippen LogP contribution in [0, 0.1) is 0 Å². The van der Waals surface area contributed by atoms with Gasteiger partial charge in [0.05, 0.1) is 43.7 Å². The number of amides is 1. The van der Waals surface area contributed by atoms with Gasteiger partial charge in [0.2, 0.25) is 0 Å². The summed E-state index contributed by atoms with van der Waals surface area (Å²) in [6.07, 6.45) is 3.03. The average molecular weight is 387 g/mol. The van der Waals surface area contributed by atoms with Crippen LogP contribution in [0.5, 0.6) is 0 Å². The second-order valence-corrected chi connectivity index (χ2v) is 6.98. The summed E-state index contributed by atoms with van der Waals surface area (Å²) in [5.74, 6) is 0. The molecule has 0 spiro atoms. The molecule has 1 amide bonds. The Balaban J connectivity index is 1.57. The number of alkyl carbamates (subject to hydrolysis) is 1. The smallest absolute Gasteiger partial charge is 0.407 e. The molecule has 2 fully saturated rings. The lowest BCUT2D eigenvalue weighted by atomic mass is 10.2. The lowest BCUT2D eigenvalue weighted by Crippen LogP contribution is -2.41. The van der Waals surface area contributed by atoms with Crippen LogP contribution in [0.3, 0.4) is 0 Å². The number of carbonyl (C=O) groups excluding carboxylic acids is 1. The predicted molar refractivity (Wildman–Crippen MR) is 94.5 cm³/mol. The first-order valence-corrected chi connectivity index (χ1v) is 9.14. The van der Waals surface area contributed by atoms with E-state index in [-0.39, 0.29) is 30.3 Å². The molecule has 0 bridgehead atoms. The van der Waals surface area contributed by atoms with E-state index in [0.717, 1.165) is 17.5 Å². The van der Waals surface area contributed by atoms with Crippen molar-refractivity contribution in [3.05, 3.63) is 21.6 Å². The van der Waals surface area contributed by atoms with Gasteiger partial charge in [-0.2, -0.15) is 5.10 Å². The fraction of sp³-hybridized carbons (Fsp3) is 0.688. The standard InChI is InChI=1S/C16H23ClN4O5/c17-14-12(8-18-21(6-7-22)15(14)24)20-5-4-10(9-20)26-16(25)19-11-2-1-3-13(11)23/h8,10-11,13,22-23H,1-7,9H2,(H,19,25)/t10-,11-,13-/m1/s1. The van der Waals surface area contributed by atoms with Crippen LogP contribution in [0.25, 0.3) is 0 Å². The Morgan fingerprint density at radius 1 is 1.42 bits per heavy atom. The zero-order chi connectivity index (χ0) is 18.7. The molecule has 144 valence electrons. The molecule has 1 saturated heterocycles. The second kappa shape index (κ2) is 8.24. The largest absolute Gasteiger partial charge is 0.444 e. The summed E-state index contributed by atoms with van der Waals surface area (Å²) in [4.78, 5) is 26.0. The van der Waals surface area contributed by atoms with E-state index in [2.05, 4.69) is 10.4 Å². The Hall–Kier alpha value is -1.84. The van der Waals surface area contributed by atoms with Crippen LogP contribution in [-0.4, -0.2) is 64.0 Å². The summed E-state index contributed by atoms with van der Waals surface area (Å²) in [6.45, 7) is 0.866. The minimum atomic E-state index is -0.537. The summed E-state index contributed by atoms with van der Waals surface area (Å²) >= 11 is 6.15. The third-order valence-electron chi connectivity index (χ3n) is 4.82. The second-order valence-electron chi connectivity index (χ2n) is 6.61. The van der Waals surface area contributed by atoms with E-state index in [1.165, 1.54) is 6.20 Å². The number of carbonyl (C=O) groups is 1. The van der Waals surface area contributed by atoms with Crippen LogP contribution in [0.15, 0.2) is 11.0 Å². The highest BCUT2D eigenvalue weighted by molar-refractivity contribution is 6.33. The van der Waals surface area contributed by atoms with Gasteiger partial charge in [-0.3, -0.25) is 4.79 Å². The number of rotatable bonds is 5. The molecule has 2 heterocycles. The third kappa shape index (κ3) is 4.11. The summed E-state index contributed by atoms with van der Waals surface area (Å²) in [6, 6.07) is -0.252. The normalized spacial score (nSPS) is 25.5. The molecule has 10 heteroatoms. The van der Waals surface area contributed by atoms with Crippen LogP contribution in [0.4, 0.5) is 10.5 Å². The number of aromatic nitrogens is 2. The van der Waals surface area contributed by atoms with E-state index in [0.29, 0.717) is 31.6 Å². The van der Waals surface area contributed by atoms with Crippen molar-refractivity contribution >= 4 is 23.4 Å². The molecule has 0 aromatic carbocycles. The van der Waals surface area contributed by atoms with Crippen LogP contribution in [0.1, 0.15) is 25.7 Å². The molecular weight excluding hydrogens is 364 g/mol. The summed E-state index contributed by atoms with van der Waals surface area (Å²) in [5.41, 5.74) is 0.0270. The van der Waals surface area contributed by atoms with E-state index in [1.807, 2.05) is 4.90 Å². The molecule has 3 rings (SSSR count). The molecule has 1 aromatic rings. The first-order chi connectivity index (χ1) is 12.5. The third-order valence-corrected chi connectivity index (χ3v) is 5.18. The maximum Gasteiger partial charge on any atom is 0.407 e. The number of aliphatic hydroxyl groups excluding tert-OH is 2. The van der Waals surface area contributed by atoms with Gasteiger partial charge >= 0.3 is 6.09 Å². The quantitative estimate of drug-likeness (QED) is 0.657. The number of anilines is 1. The monoisotopic (exact) mass is 386 g/mol. The van der Waals surface area contributed by atoms with Crippen molar-refractivity contribution in [3.8, 4) is 0 Å². The van der Waals surface area contributed by atoms with Crippen molar-refractivity contribution in [2.45, 2.75) is 50.5 Å². The molecule has 26 heavy (non-hydrogen) atoms. The topological polar surface area (TPSA) is 117 Å². The van der Waals surface area contributed by atoms with Gasteiger partial charge in [0.1, 0.15) is 11.1 Å². The highest BCUT2D eigenvalue weighted by Gasteiger charge is 2.31. The van der Waals surface area contributed by atoms with Gasteiger partial charge in [-0.25, -0.2) is 9.48 Å². The SMILES string of the molecule is O=C(N[C@@H]1CCC[C@H]1O)O[C@@H]1CCN(c2cnn(CCO)c(=O)c2Cl)C1. The van der Waals surface area contributed by atoms with Crippen molar-refractivity contribution in [1.29, 1.82) is 0 Å². The van der Waals surface area contributed by atoms with Crippen LogP contribution >= 0.6 is 11.6 Å². The Morgan fingerprint density at radius 3 is 2.92 bits per heavy atom. The highest BCUT2D eigenvalue weighted by Crippen LogP contribution is 2.26. The molecule has 3 atom stereocenters. The van der Waals surface area contributed by atoms with Crippen molar-refractivity contribution in [2.24, 2.45) is 0 Å². The molecule has 1 aromatic heterocycles. The number of nitrogens with zero attached hydrogens (tertiary/aromatic N) is 3. The zero-order valence-corrected chi connectivity index (χ0v) is 15.1. The molecule has 1 aliphatic carbocycles. The van der Waals surface area contributed by atoms with Crippen molar-refractivity contribution in [3.63, 3.8) is 0 Å². The van der Waals surface area contributed by atoms with Crippen LogP contribution in [0.2, 0.25) is 5.02 Å². The number of halogens is 1. The van der Waals surface area contributed by atoms with Gasteiger partial charge in [-0.05, 0) is 19.3 Å². The van der Waals surface area contributed by atoms with Crippen molar-refractivity contribution in [2.75, 3.05) is 24.6 Å². The first kappa shape index (κ1) is 18.9. The molecule has 9 nitrogen and oxygen atoms in total. The fourth-order valence-electron chi connectivity index (χ4n) is 3.42. The van der Waals surface area contributed by atoms with Gasteiger partial charge in [0, 0.05) is 13.0 Å². The van der Waals surface area contributed by atoms with E-state index < -0.39 is 17.8 Å². The van der Waals surface area contributed by atoms with E-state index in [9.17, 15) is 14.7 Å². The summed E-state index contributed by atoms with van der Waals surface area (Å²) < 4.78 is 6.53. The molecule has 1 aliphatic heterocycles. The highest BCUT2D eigenvalue weighted by atomic mass is 35.5. The first-order valence-electron chi connectivity index (χ1n) is 8.76. The van der Waals surface area contributed by atoms with Gasteiger partial charge in [0.15, 0.2) is 0 Å².